The smallest absolute Gasteiger partial charge is 0.220 e. The summed E-state index contributed by atoms with van der Waals surface area (Å²) in [5.41, 5.74) is 4.16. The molecule has 2 aromatic heterocycles. The van der Waals surface area contributed by atoms with Gasteiger partial charge in [-0.25, -0.2) is 4.52 Å². The third-order valence-corrected chi connectivity index (χ3v) is 6.75. The minimum atomic E-state index is -0.0889. The van der Waals surface area contributed by atoms with E-state index in [4.69, 9.17) is 4.74 Å². The average Bonchev–Trinajstić information content (AvgIpc) is 3.48. The number of rotatable bonds is 5. The molecule has 2 saturated heterocycles. The zero-order valence-corrected chi connectivity index (χ0v) is 19.0. The van der Waals surface area contributed by atoms with Crippen molar-refractivity contribution < 1.29 is 14.3 Å². The van der Waals surface area contributed by atoms with Crippen LogP contribution in [0.15, 0.2) is 48.8 Å². The van der Waals surface area contributed by atoms with Crippen LogP contribution in [-0.2, 0) is 9.59 Å². The van der Waals surface area contributed by atoms with Crippen molar-refractivity contribution in [1.29, 1.82) is 0 Å². The molecule has 2 aliphatic heterocycles. The van der Waals surface area contributed by atoms with Gasteiger partial charge in [-0.3, -0.25) is 9.59 Å². The van der Waals surface area contributed by atoms with E-state index < -0.39 is 0 Å². The summed E-state index contributed by atoms with van der Waals surface area (Å²) in [5, 5.41) is 7.31. The lowest BCUT2D eigenvalue weighted by Gasteiger charge is -2.35. The average molecular weight is 448 g/mol. The van der Waals surface area contributed by atoms with Crippen molar-refractivity contribution >= 4 is 23.0 Å². The number of piperazine rings is 1. The molecule has 1 aromatic carbocycles. The number of carbonyl (C=O) groups excluding carboxylic acids is 2. The molecule has 8 nitrogen and oxygen atoms in total. The van der Waals surface area contributed by atoms with Crippen LogP contribution in [0.4, 0.5) is 5.69 Å². The number of nitrogens with zero attached hydrogens (tertiary/aromatic N) is 4. The van der Waals surface area contributed by atoms with E-state index >= 15 is 0 Å². The van der Waals surface area contributed by atoms with E-state index in [9.17, 15) is 9.59 Å². The standard InChI is InChI=1S/C25H29N5O3/c1-17(20-14-25(32)26-15-20)33-24-13-21(16-30-23(24)7-8-27-30)19-3-5-22(6-4-19)29-11-9-28(10-12-29)18(2)31/h3-8,13,16-17,20H,9-12,14-15H2,1-2H3,(H,26,32). The van der Waals surface area contributed by atoms with Gasteiger partial charge in [0.25, 0.3) is 0 Å². The van der Waals surface area contributed by atoms with Crippen molar-refractivity contribution in [3.05, 3.63) is 48.8 Å². The number of fused-ring (bicyclic) bond motifs is 1. The molecule has 2 atom stereocenters. The number of hydrogen-bond acceptors (Lipinski definition) is 5. The summed E-state index contributed by atoms with van der Waals surface area (Å²) in [5.74, 6) is 1.15. The molecule has 0 saturated carbocycles. The van der Waals surface area contributed by atoms with Gasteiger partial charge >= 0.3 is 0 Å². The van der Waals surface area contributed by atoms with Crippen molar-refractivity contribution in [2.45, 2.75) is 26.4 Å². The second-order valence-electron chi connectivity index (χ2n) is 8.89. The summed E-state index contributed by atoms with van der Waals surface area (Å²) >= 11 is 0. The molecule has 2 fully saturated rings. The first-order valence-corrected chi connectivity index (χ1v) is 11.5. The maximum absolute atomic E-state index is 11.6. The number of hydrogen-bond donors (Lipinski definition) is 1. The van der Waals surface area contributed by atoms with Crippen molar-refractivity contribution in [1.82, 2.24) is 19.8 Å². The van der Waals surface area contributed by atoms with Crippen LogP contribution >= 0.6 is 0 Å². The van der Waals surface area contributed by atoms with Gasteiger partial charge in [0.15, 0.2) is 0 Å². The number of pyridine rings is 1. The van der Waals surface area contributed by atoms with Crippen LogP contribution < -0.4 is 15.0 Å². The number of ether oxygens (including phenoxy) is 1. The third-order valence-electron chi connectivity index (χ3n) is 6.75. The minimum absolute atomic E-state index is 0.0847. The van der Waals surface area contributed by atoms with Gasteiger partial charge in [-0.05, 0) is 36.8 Å². The van der Waals surface area contributed by atoms with Gasteiger partial charge in [0.05, 0.1) is 6.20 Å². The lowest BCUT2D eigenvalue weighted by atomic mass is 10.0. The largest absolute Gasteiger partial charge is 0.488 e. The molecule has 2 unspecified atom stereocenters. The van der Waals surface area contributed by atoms with Crippen LogP contribution in [0.2, 0.25) is 0 Å². The van der Waals surface area contributed by atoms with Crippen LogP contribution in [0.3, 0.4) is 0 Å². The second kappa shape index (κ2) is 8.77. The normalized spacial score (nSPS) is 19.6. The Morgan fingerprint density at radius 2 is 1.88 bits per heavy atom. The molecule has 33 heavy (non-hydrogen) atoms. The van der Waals surface area contributed by atoms with Gasteiger partial charge in [0, 0.05) is 69.4 Å². The molecule has 0 radical (unpaired) electrons. The fourth-order valence-electron chi connectivity index (χ4n) is 4.65. The Morgan fingerprint density at radius 3 is 2.55 bits per heavy atom. The number of benzene rings is 1. The molecule has 3 aromatic rings. The van der Waals surface area contributed by atoms with Crippen molar-refractivity contribution in [3.8, 4) is 16.9 Å². The van der Waals surface area contributed by atoms with Gasteiger partial charge in [0.1, 0.15) is 17.4 Å². The first kappa shape index (κ1) is 21.3. The van der Waals surface area contributed by atoms with Crippen LogP contribution in [-0.4, -0.2) is 65.2 Å². The summed E-state index contributed by atoms with van der Waals surface area (Å²) < 4.78 is 8.17. The summed E-state index contributed by atoms with van der Waals surface area (Å²) in [6, 6.07) is 12.5. The van der Waals surface area contributed by atoms with Crippen LogP contribution in [0.5, 0.6) is 5.75 Å². The van der Waals surface area contributed by atoms with Crippen molar-refractivity contribution in [3.63, 3.8) is 0 Å². The summed E-state index contributed by atoms with van der Waals surface area (Å²) in [7, 11) is 0. The zero-order chi connectivity index (χ0) is 22.9. The lowest BCUT2D eigenvalue weighted by Crippen LogP contribution is -2.48. The Labute approximate surface area is 193 Å². The number of anilines is 1. The van der Waals surface area contributed by atoms with Crippen LogP contribution in [0, 0.1) is 5.92 Å². The first-order chi connectivity index (χ1) is 16.0. The molecule has 0 bridgehead atoms. The third kappa shape index (κ3) is 4.37. The summed E-state index contributed by atoms with van der Waals surface area (Å²) in [6.07, 6.45) is 4.18. The van der Waals surface area contributed by atoms with E-state index in [0.717, 1.165) is 54.3 Å². The van der Waals surface area contributed by atoms with E-state index in [1.807, 2.05) is 28.6 Å². The number of amides is 2. The second-order valence-corrected chi connectivity index (χ2v) is 8.89. The van der Waals surface area contributed by atoms with Crippen LogP contribution in [0.25, 0.3) is 16.6 Å². The van der Waals surface area contributed by atoms with Gasteiger partial charge < -0.3 is 19.9 Å². The van der Waals surface area contributed by atoms with Crippen molar-refractivity contribution in [2.75, 3.05) is 37.6 Å². The van der Waals surface area contributed by atoms with Crippen molar-refractivity contribution in [2.24, 2.45) is 5.92 Å². The van der Waals surface area contributed by atoms with Gasteiger partial charge in [0.2, 0.25) is 11.8 Å². The van der Waals surface area contributed by atoms with E-state index in [0.29, 0.717) is 13.0 Å². The molecule has 172 valence electrons. The molecule has 1 N–H and O–H groups in total. The molecule has 5 rings (SSSR count). The van der Waals surface area contributed by atoms with Crippen LogP contribution in [0.1, 0.15) is 20.3 Å². The molecular formula is C25H29N5O3. The Bertz CT molecular complexity index is 1160. The fraction of sp³-hybridized carbons (Fsp3) is 0.400. The van der Waals surface area contributed by atoms with E-state index in [-0.39, 0.29) is 23.8 Å². The molecule has 4 heterocycles. The minimum Gasteiger partial charge on any atom is -0.488 e. The fourth-order valence-corrected chi connectivity index (χ4v) is 4.65. The van der Waals surface area contributed by atoms with Gasteiger partial charge in [-0.2, -0.15) is 5.10 Å². The predicted molar refractivity (Wildman–Crippen MR) is 126 cm³/mol. The van der Waals surface area contributed by atoms with E-state index in [1.54, 1.807) is 13.1 Å². The highest BCUT2D eigenvalue weighted by molar-refractivity contribution is 5.78. The molecule has 0 spiro atoms. The predicted octanol–water partition coefficient (Wildman–Crippen LogP) is 2.57. The zero-order valence-electron chi connectivity index (χ0n) is 19.0. The molecule has 2 aliphatic rings. The van der Waals surface area contributed by atoms with Gasteiger partial charge in [-0.15, -0.1) is 0 Å². The number of nitrogens with one attached hydrogen (secondary N) is 1. The monoisotopic (exact) mass is 447 g/mol. The molecule has 0 aliphatic carbocycles. The summed E-state index contributed by atoms with van der Waals surface area (Å²) in [4.78, 5) is 27.4. The number of aromatic nitrogens is 2. The van der Waals surface area contributed by atoms with E-state index in [2.05, 4.69) is 45.6 Å². The highest BCUT2D eigenvalue weighted by atomic mass is 16.5. The summed E-state index contributed by atoms with van der Waals surface area (Å²) in [6.45, 7) is 7.49. The van der Waals surface area contributed by atoms with Gasteiger partial charge in [-0.1, -0.05) is 12.1 Å². The molecular weight excluding hydrogens is 418 g/mol. The quantitative estimate of drug-likeness (QED) is 0.650. The highest BCUT2D eigenvalue weighted by Crippen LogP contribution is 2.31. The Kier molecular flexibility index (Phi) is 5.66. The maximum atomic E-state index is 11.6. The lowest BCUT2D eigenvalue weighted by molar-refractivity contribution is -0.129. The highest BCUT2D eigenvalue weighted by Gasteiger charge is 2.28. The Hall–Kier alpha value is -3.55. The molecule has 2 amide bonds. The Morgan fingerprint density at radius 1 is 1.12 bits per heavy atom. The first-order valence-electron chi connectivity index (χ1n) is 11.5. The topological polar surface area (TPSA) is 79.2 Å². The maximum Gasteiger partial charge on any atom is 0.220 e. The SMILES string of the molecule is CC(=O)N1CCN(c2ccc(-c3cc(OC(C)C4CNC(=O)C4)c4ccnn4c3)cc2)CC1. The number of carbonyl (C=O) groups is 2. The Balaban J connectivity index is 1.35. The van der Waals surface area contributed by atoms with E-state index in [1.165, 1.54) is 0 Å². The molecule has 8 heteroatoms.